The number of hydrogen-bond acceptors (Lipinski definition) is 2. The number of nitrogens with zero attached hydrogens (tertiary/aromatic N) is 1. The van der Waals surface area contributed by atoms with Gasteiger partial charge in [-0.3, -0.25) is 3.11 Å². The predicted octanol–water partition coefficient (Wildman–Crippen LogP) is 5.21. The van der Waals surface area contributed by atoms with Crippen LogP contribution in [0.4, 0.5) is 11.4 Å². The van der Waals surface area contributed by atoms with Crippen LogP contribution >= 0.6 is 34.6 Å². The van der Waals surface area contributed by atoms with Gasteiger partial charge in [-0.15, -0.1) is 11.8 Å². The first-order valence-corrected chi connectivity index (χ1v) is 7.56. The van der Waals surface area contributed by atoms with Gasteiger partial charge in [0.1, 0.15) is 0 Å². The third-order valence-corrected chi connectivity index (χ3v) is 4.42. The fourth-order valence-corrected chi connectivity index (χ4v) is 2.59. The summed E-state index contributed by atoms with van der Waals surface area (Å²) in [5.74, 6) is 0. The van der Waals surface area contributed by atoms with E-state index in [0.29, 0.717) is 0 Å². The molecule has 0 fully saturated rings. The van der Waals surface area contributed by atoms with E-state index in [1.807, 2.05) is 0 Å². The molecule has 0 unspecified atom stereocenters. The summed E-state index contributed by atoms with van der Waals surface area (Å²) in [4.78, 5) is 1.29. The third kappa shape index (κ3) is 3.16. The van der Waals surface area contributed by atoms with E-state index in [1.54, 1.807) is 11.8 Å². The zero-order chi connectivity index (χ0) is 12.3. The summed E-state index contributed by atoms with van der Waals surface area (Å²) in [5.41, 5.74) is 3.69. The Labute approximate surface area is 121 Å². The van der Waals surface area contributed by atoms with Crippen molar-refractivity contribution in [2.75, 3.05) is 9.37 Å². The van der Waals surface area contributed by atoms with Gasteiger partial charge in [-0.1, -0.05) is 17.7 Å². The zero-order valence-electron chi connectivity index (χ0n) is 9.85. The van der Waals surface area contributed by atoms with E-state index in [0.717, 1.165) is 0 Å². The van der Waals surface area contributed by atoms with Crippen molar-refractivity contribution in [1.29, 1.82) is 0 Å². The molecule has 0 atom stereocenters. The van der Waals surface area contributed by atoms with E-state index < -0.39 is 0 Å². The van der Waals surface area contributed by atoms with Crippen molar-refractivity contribution in [2.24, 2.45) is 0 Å². The predicted molar refractivity (Wildman–Crippen MR) is 85.6 cm³/mol. The molecule has 0 aliphatic carbocycles. The van der Waals surface area contributed by atoms with E-state index in [-0.39, 0.29) is 0 Å². The smallest absolute Gasteiger partial charge is 0.0646 e. The van der Waals surface area contributed by atoms with Crippen molar-refractivity contribution in [3.8, 4) is 0 Å². The maximum Gasteiger partial charge on any atom is 0.0646 e. The lowest BCUT2D eigenvalue weighted by atomic mass is 10.2. The van der Waals surface area contributed by atoms with Crippen molar-refractivity contribution < 1.29 is 0 Å². The van der Waals surface area contributed by atoms with Crippen LogP contribution < -0.4 is 3.11 Å². The molecule has 17 heavy (non-hydrogen) atoms. The van der Waals surface area contributed by atoms with Crippen LogP contribution in [-0.2, 0) is 0 Å². The minimum atomic E-state index is 1.20. The highest BCUT2D eigenvalue weighted by Crippen LogP contribution is 2.30. The van der Waals surface area contributed by atoms with Crippen molar-refractivity contribution >= 4 is 46.0 Å². The van der Waals surface area contributed by atoms with Crippen molar-refractivity contribution in [1.82, 2.24) is 0 Å². The SMILES string of the molecule is CSc1ccc(N(I)c2ccc(C)cc2)cc1. The second-order valence-corrected chi connectivity index (χ2v) is 5.66. The lowest BCUT2D eigenvalue weighted by molar-refractivity contribution is 1.39. The van der Waals surface area contributed by atoms with Gasteiger partial charge in [0.05, 0.1) is 34.2 Å². The Morgan fingerprint density at radius 1 is 0.882 bits per heavy atom. The molecular weight excluding hydrogens is 341 g/mol. The van der Waals surface area contributed by atoms with Crippen LogP contribution in [-0.4, -0.2) is 6.26 Å². The summed E-state index contributed by atoms with van der Waals surface area (Å²) >= 11 is 4.10. The highest BCUT2D eigenvalue weighted by molar-refractivity contribution is 14.1. The molecule has 0 bridgehead atoms. The van der Waals surface area contributed by atoms with Crippen LogP contribution in [0.5, 0.6) is 0 Å². The Kier molecular flexibility index (Phi) is 4.34. The van der Waals surface area contributed by atoms with E-state index in [4.69, 9.17) is 0 Å². The highest BCUT2D eigenvalue weighted by atomic mass is 127. The molecule has 2 rings (SSSR count). The minimum absolute atomic E-state index is 1.20. The van der Waals surface area contributed by atoms with Gasteiger partial charge in [-0.05, 0) is 49.6 Å². The molecule has 1 nitrogen and oxygen atoms in total. The molecule has 0 aromatic heterocycles. The molecule has 88 valence electrons. The van der Waals surface area contributed by atoms with E-state index in [2.05, 4.69) is 87.7 Å². The first-order valence-electron chi connectivity index (χ1n) is 5.37. The van der Waals surface area contributed by atoms with Gasteiger partial charge in [-0.2, -0.15) is 0 Å². The van der Waals surface area contributed by atoms with Gasteiger partial charge in [0, 0.05) is 4.90 Å². The normalized spacial score (nSPS) is 10.3. The Hall–Kier alpha value is -0.680. The highest BCUT2D eigenvalue weighted by Gasteiger charge is 2.04. The summed E-state index contributed by atoms with van der Waals surface area (Å²) in [5, 5.41) is 0. The van der Waals surface area contributed by atoms with Crippen LogP contribution in [0.15, 0.2) is 53.4 Å². The Bertz CT molecular complexity index is 479. The first-order chi connectivity index (χ1) is 8.20. The number of halogens is 1. The van der Waals surface area contributed by atoms with Crippen molar-refractivity contribution in [2.45, 2.75) is 11.8 Å². The average molecular weight is 355 g/mol. The summed E-state index contributed by atoms with van der Waals surface area (Å²) < 4.78 is 2.17. The molecule has 3 heteroatoms. The maximum absolute atomic E-state index is 2.34. The molecular formula is C14H14INS. The average Bonchev–Trinajstić information content (AvgIpc) is 2.39. The number of hydrogen-bond donors (Lipinski definition) is 0. The third-order valence-electron chi connectivity index (χ3n) is 2.56. The maximum atomic E-state index is 2.34. The molecule has 0 saturated heterocycles. The zero-order valence-corrected chi connectivity index (χ0v) is 12.8. The molecule has 0 radical (unpaired) electrons. The monoisotopic (exact) mass is 355 g/mol. The lowest BCUT2D eigenvalue weighted by Gasteiger charge is -2.17. The van der Waals surface area contributed by atoms with Crippen molar-refractivity contribution in [3.63, 3.8) is 0 Å². The minimum Gasteiger partial charge on any atom is -0.283 e. The summed E-state index contributed by atoms with van der Waals surface area (Å²) in [6.45, 7) is 2.11. The molecule has 0 aliphatic heterocycles. The summed E-state index contributed by atoms with van der Waals surface area (Å²) in [7, 11) is 0. The van der Waals surface area contributed by atoms with Crippen LogP contribution in [0, 0.1) is 6.92 Å². The summed E-state index contributed by atoms with van der Waals surface area (Å²) in [6.07, 6.45) is 2.09. The Morgan fingerprint density at radius 2 is 1.35 bits per heavy atom. The fraction of sp³-hybridized carbons (Fsp3) is 0.143. The Balaban J connectivity index is 2.23. The largest absolute Gasteiger partial charge is 0.283 e. The van der Waals surface area contributed by atoms with Gasteiger partial charge < -0.3 is 0 Å². The molecule has 0 heterocycles. The molecule has 0 amide bonds. The van der Waals surface area contributed by atoms with Gasteiger partial charge >= 0.3 is 0 Å². The van der Waals surface area contributed by atoms with Gasteiger partial charge in [-0.25, -0.2) is 0 Å². The van der Waals surface area contributed by atoms with E-state index >= 15 is 0 Å². The Morgan fingerprint density at radius 3 is 1.82 bits per heavy atom. The fourth-order valence-electron chi connectivity index (χ4n) is 1.54. The van der Waals surface area contributed by atoms with Gasteiger partial charge in [0.25, 0.3) is 0 Å². The van der Waals surface area contributed by atoms with Crippen LogP contribution in [0.1, 0.15) is 5.56 Å². The van der Waals surface area contributed by atoms with Gasteiger partial charge in [0.15, 0.2) is 0 Å². The number of aryl methyl sites for hydroxylation is 1. The lowest BCUT2D eigenvalue weighted by Crippen LogP contribution is -2.00. The molecule has 2 aromatic carbocycles. The topological polar surface area (TPSA) is 3.24 Å². The van der Waals surface area contributed by atoms with Crippen LogP contribution in [0.3, 0.4) is 0 Å². The number of thioether (sulfide) groups is 1. The van der Waals surface area contributed by atoms with E-state index in [9.17, 15) is 0 Å². The van der Waals surface area contributed by atoms with Gasteiger partial charge in [0.2, 0.25) is 0 Å². The molecule has 0 spiro atoms. The molecule has 0 saturated carbocycles. The summed E-state index contributed by atoms with van der Waals surface area (Å²) in [6, 6.07) is 17.2. The first kappa shape index (κ1) is 12.8. The number of benzene rings is 2. The molecule has 2 aromatic rings. The van der Waals surface area contributed by atoms with E-state index in [1.165, 1.54) is 21.8 Å². The van der Waals surface area contributed by atoms with Crippen LogP contribution in [0.2, 0.25) is 0 Å². The van der Waals surface area contributed by atoms with Crippen molar-refractivity contribution in [3.05, 3.63) is 54.1 Å². The molecule has 0 N–H and O–H groups in total. The second-order valence-electron chi connectivity index (χ2n) is 3.81. The number of rotatable bonds is 3. The quantitative estimate of drug-likeness (QED) is 0.423. The van der Waals surface area contributed by atoms with Crippen LogP contribution in [0.25, 0.3) is 0 Å². The standard InChI is InChI=1S/C14H14INS/c1-11-3-5-12(6-4-11)16(15)13-7-9-14(17-2)10-8-13/h3-10H,1-2H3. The second kappa shape index (κ2) is 5.78. The number of anilines is 2. The molecule has 0 aliphatic rings.